The van der Waals surface area contributed by atoms with E-state index in [9.17, 15) is 0 Å². The molecule has 1 aliphatic heterocycles. The third kappa shape index (κ3) is 2.51. The maximum atomic E-state index is 5.92. The van der Waals surface area contributed by atoms with Crippen molar-refractivity contribution in [3.05, 3.63) is 29.3 Å². The molecular weight excluding hydrogens is 228 g/mol. The first kappa shape index (κ1) is 12.0. The molecule has 3 rings (SSSR count). The molecule has 2 unspecified atom stereocenters. The van der Waals surface area contributed by atoms with E-state index in [0.717, 1.165) is 5.75 Å². The van der Waals surface area contributed by atoms with Gasteiger partial charge in [-0.15, -0.1) is 0 Å². The monoisotopic (exact) mass is 248 g/mol. The van der Waals surface area contributed by atoms with E-state index in [0.29, 0.717) is 19.8 Å². The summed E-state index contributed by atoms with van der Waals surface area (Å²) in [7, 11) is 0. The van der Waals surface area contributed by atoms with Crippen molar-refractivity contribution in [1.82, 2.24) is 5.32 Å². The molecule has 4 heteroatoms. The SMILES string of the molecule is NCC1COCC(Oc2ccc3c(c2)CCC3)N1. The minimum absolute atomic E-state index is 0.0910. The molecule has 0 amide bonds. The Morgan fingerprint density at radius 3 is 3.06 bits per heavy atom. The minimum Gasteiger partial charge on any atom is -0.473 e. The fraction of sp³-hybridized carbons (Fsp3) is 0.571. The van der Waals surface area contributed by atoms with Crippen LogP contribution in [-0.4, -0.2) is 32.0 Å². The number of hydrogen-bond donors (Lipinski definition) is 2. The van der Waals surface area contributed by atoms with Gasteiger partial charge >= 0.3 is 0 Å². The lowest BCUT2D eigenvalue weighted by molar-refractivity contribution is -0.0248. The minimum atomic E-state index is -0.0910. The van der Waals surface area contributed by atoms with Gasteiger partial charge in [0.05, 0.1) is 13.2 Å². The number of nitrogens with two attached hydrogens (primary N) is 1. The third-order valence-electron chi connectivity index (χ3n) is 3.64. The number of aryl methyl sites for hydroxylation is 2. The number of nitrogens with one attached hydrogen (secondary N) is 1. The molecule has 1 heterocycles. The molecule has 0 saturated carbocycles. The molecule has 0 spiro atoms. The highest BCUT2D eigenvalue weighted by Crippen LogP contribution is 2.26. The van der Waals surface area contributed by atoms with Gasteiger partial charge in [0.15, 0.2) is 6.23 Å². The molecule has 4 nitrogen and oxygen atoms in total. The first-order chi connectivity index (χ1) is 8.85. The van der Waals surface area contributed by atoms with E-state index in [1.54, 1.807) is 0 Å². The molecule has 0 bridgehead atoms. The lowest BCUT2D eigenvalue weighted by Gasteiger charge is -2.30. The molecule has 1 aromatic carbocycles. The maximum absolute atomic E-state index is 5.92. The molecular formula is C14H20N2O2. The van der Waals surface area contributed by atoms with Crippen LogP contribution in [-0.2, 0) is 17.6 Å². The number of benzene rings is 1. The Kier molecular flexibility index (Phi) is 3.50. The van der Waals surface area contributed by atoms with Crippen LogP contribution in [0.3, 0.4) is 0 Å². The Morgan fingerprint density at radius 2 is 2.17 bits per heavy atom. The van der Waals surface area contributed by atoms with Crippen molar-refractivity contribution >= 4 is 0 Å². The van der Waals surface area contributed by atoms with E-state index < -0.39 is 0 Å². The Balaban J connectivity index is 1.65. The normalized spacial score (nSPS) is 26.9. The highest BCUT2D eigenvalue weighted by atomic mass is 16.5. The predicted octanol–water partition coefficient (Wildman–Crippen LogP) is 0.827. The number of hydrogen-bond acceptors (Lipinski definition) is 4. The summed E-state index contributed by atoms with van der Waals surface area (Å²) in [5.74, 6) is 0.925. The summed E-state index contributed by atoms with van der Waals surface area (Å²) in [6.45, 7) is 1.82. The van der Waals surface area contributed by atoms with Crippen molar-refractivity contribution in [3.8, 4) is 5.75 Å². The van der Waals surface area contributed by atoms with Gasteiger partial charge < -0.3 is 15.2 Å². The Bertz CT molecular complexity index is 422. The van der Waals surface area contributed by atoms with Crippen LogP contribution in [0.25, 0.3) is 0 Å². The van der Waals surface area contributed by atoms with E-state index in [2.05, 4.69) is 23.5 Å². The van der Waals surface area contributed by atoms with Crippen LogP contribution in [0.2, 0.25) is 0 Å². The van der Waals surface area contributed by atoms with Gasteiger partial charge in [-0.05, 0) is 42.5 Å². The molecule has 1 aromatic rings. The predicted molar refractivity (Wildman–Crippen MR) is 69.7 cm³/mol. The second kappa shape index (κ2) is 5.26. The number of morpholine rings is 1. The Labute approximate surface area is 107 Å². The maximum Gasteiger partial charge on any atom is 0.174 e. The summed E-state index contributed by atoms with van der Waals surface area (Å²) in [6, 6.07) is 6.59. The van der Waals surface area contributed by atoms with Gasteiger partial charge in [-0.3, -0.25) is 5.32 Å². The van der Waals surface area contributed by atoms with Crippen LogP contribution >= 0.6 is 0 Å². The van der Waals surface area contributed by atoms with Gasteiger partial charge in [0.2, 0.25) is 0 Å². The Hall–Kier alpha value is -1.10. The van der Waals surface area contributed by atoms with Crippen molar-refractivity contribution in [2.24, 2.45) is 5.73 Å². The van der Waals surface area contributed by atoms with Gasteiger partial charge in [0, 0.05) is 12.6 Å². The highest BCUT2D eigenvalue weighted by Gasteiger charge is 2.22. The lowest BCUT2D eigenvalue weighted by atomic mass is 10.1. The van der Waals surface area contributed by atoms with Gasteiger partial charge in [0.25, 0.3) is 0 Å². The van der Waals surface area contributed by atoms with Crippen LogP contribution in [0.15, 0.2) is 18.2 Å². The van der Waals surface area contributed by atoms with Crippen molar-refractivity contribution < 1.29 is 9.47 Å². The molecule has 2 atom stereocenters. The van der Waals surface area contributed by atoms with E-state index in [-0.39, 0.29) is 12.3 Å². The third-order valence-corrected chi connectivity index (χ3v) is 3.64. The van der Waals surface area contributed by atoms with Gasteiger partial charge in [0.1, 0.15) is 5.75 Å². The van der Waals surface area contributed by atoms with Crippen LogP contribution in [0.5, 0.6) is 5.75 Å². The number of fused-ring (bicyclic) bond motifs is 1. The van der Waals surface area contributed by atoms with Crippen molar-refractivity contribution in [2.45, 2.75) is 31.5 Å². The summed E-state index contributed by atoms with van der Waals surface area (Å²) in [5.41, 5.74) is 8.53. The quantitative estimate of drug-likeness (QED) is 0.832. The second-order valence-corrected chi connectivity index (χ2v) is 5.03. The molecule has 1 fully saturated rings. The van der Waals surface area contributed by atoms with Crippen molar-refractivity contribution in [1.29, 1.82) is 0 Å². The molecule has 0 aromatic heterocycles. The molecule has 3 N–H and O–H groups in total. The fourth-order valence-electron chi connectivity index (χ4n) is 2.67. The second-order valence-electron chi connectivity index (χ2n) is 5.03. The van der Waals surface area contributed by atoms with Gasteiger partial charge in [-0.25, -0.2) is 0 Å². The van der Waals surface area contributed by atoms with Crippen molar-refractivity contribution in [3.63, 3.8) is 0 Å². The van der Waals surface area contributed by atoms with Gasteiger partial charge in [-0.2, -0.15) is 0 Å². The standard InChI is InChI=1S/C14H20N2O2/c15-7-12-8-17-9-14(16-12)18-13-5-4-10-2-1-3-11(10)6-13/h4-6,12,14,16H,1-3,7-9,15H2. The highest BCUT2D eigenvalue weighted by molar-refractivity contribution is 5.38. The zero-order valence-electron chi connectivity index (χ0n) is 10.5. The lowest BCUT2D eigenvalue weighted by Crippen LogP contribution is -2.54. The molecule has 1 aliphatic carbocycles. The summed E-state index contributed by atoms with van der Waals surface area (Å²) in [6.07, 6.45) is 3.55. The molecule has 2 aliphatic rings. The van der Waals surface area contributed by atoms with Crippen LogP contribution in [0.1, 0.15) is 17.5 Å². The van der Waals surface area contributed by atoms with E-state index in [1.807, 2.05) is 0 Å². The number of rotatable bonds is 3. The summed E-state index contributed by atoms with van der Waals surface area (Å²) < 4.78 is 11.4. The Morgan fingerprint density at radius 1 is 1.28 bits per heavy atom. The fourth-order valence-corrected chi connectivity index (χ4v) is 2.67. The average molecular weight is 248 g/mol. The molecule has 18 heavy (non-hydrogen) atoms. The van der Waals surface area contributed by atoms with Crippen LogP contribution in [0.4, 0.5) is 0 Å². The van der Waals surface area contributed by atoms with Crippen LogP contribution < -0.4 is 15.8 Å². The van der Waals surface area contributed by atoms with Gasteiger partial charge in [-0.1, -0.05) is 6.07 Å². The van der Waals surface area contributed by atoms with E-state index in [4.69, 9.17) is 15.2 Å². The van der Waals surface area contributed by atoms with E-state index >= 15 is 0 Å². The van der Waals surface area contributed by atoms with Crippen molar-refractivity contribution in [2.75, 3.05) is 19.8 Å². The summed E-state index contributed by atoms with van der Waals surface area (Å²) in [5, 5.41) is 3.35. The first-order valence-corrected chi connectivity index (χ1v) is 6.67. The topological polar surface area (TPSA) is 56.5 Å². The summed E-state index contributed by atoms with van der Waals surface area (Å²) >= 11 is 0. The zero-order chi connectivity index (χ0) is 12.4. The largest absolute Gasteiger partial charge is 0.473 e. The smallest absolute Gasteiger partial charge is 0.174 e. The molecule has 98 valence electrons. The summed E-state index contributed by atoms with van der Waals surface area (Å²) in [4.78, 5) is 0. The number of ether oxygens (including phenoxy) is 2. The molecule has 1 saturated heterocycles. The van der Waals surface area contributed by atoms with E-state index in [1.165, 1.54) is 30.4 Å². The average Bonchev–Trinajstić information content (AvgIpc) is 2.86. The molecule has 0 radical (unpaired) electrons. The zero-order valence-corrected chi connectivity index (χ0v) is 10.5. The van der Waals surface area contributed by atoms with Crippen LogP contribution in [0, 0.1) is 0 Å². The first-order valence-electron chi connectivity index (χ1n) is 6.67.